The molecular formula is C13H14FNO3S2. The zero-order chi connectivity index (χ0) is 14.8. The van der Waals surface area contributed by atoms with Gasteiger partial charge in [-0.05, 0) is 37.3 Å². The van der Waals surface area contributed by atoms with E-state index in [0.29, 0.717) is 0 Å². The fraction of sp³-hybridized carbons (Fsp3) is 0.231. The summed E-state index contributed by atoms with van der Waals surface area (Å²) in [6.45, 7) is 1.34. The van der Waals surface area contributed by atoms with Crippen LogP contribution in [-0.4, -0.2) is 26.7 Å². The molecule has 1 aromatic heterocycles. The Bertz CT molecular complexity index is 697. The minimum absolute atomic E-state index is 0.122. The second kappa shape index (κ2) is 5.90. The maximum absolute atomic E-state index is 13.3. The summed E-state index contributed by atoms with van der Waals surface area (Å²) >= 11 is 1.14. The summed E-state index contributed by atoms with van der Waals surface area (Å²) in [4.78, 5) is 0.867. The van der Waals surface area contributed by atoms with E-state index in [0.717, 1.165) is 26.6 Å². The van der Waals surface area contributed by atoms with Crippen LogP contribution >= 0.6 is 11.3 Å². The molecule has 0 saturated carbocycles. The van der Waals surface area contributed by atoms with E-state index < -0.39 is 15.8 Å². The summed E-state index contributed by atoms with van der Waals surface area (Å²) in [6, 6.07) is 8.52. The van der Waals surface area contributed by atoms with E-state index in [4.69, 9.17) is 5.11 Å². The van der Waals surface area contributed by atoms with Gasteiger partial charge >= 0.3 is 0 Å². The van der Waals surface area contributed by atoms with Crippen molar-refractivity contribution in [2.24, 2.45) is 0 Å². The number of anilines is 1. The summed E-state index contributed by atoms with van der Waals surface area (Å²) in [5, 5.41) is 9.09. The number of aliphatic hydroxyl groups is 1. The molecule has 1 aromatic carbocycles. The van der Waals surface area contributed by atoms with Crippen molar-refractivity contribution in [1.82, 2.24) is 0 Å². The lowest BCUT2D eigenvalue weighted by atomic mass is 10.3. The molecule has 4 nitrogen and oxygen atoms in total. The first kappa shape index (κ1) is 15.0. The zero-order valence-corrected chi connectivity index (χ0v) is 12.4. The molecule has 0 spiro atoms. The van der Waals surface area contributed by atoms with Crippen molar-refractivity contribution in [3.8, 4) is 0 Å². The molecule has 0 bridgehead atoms. The van der Waals surface area contributed by atoms with E-state index >= 15 is 0 Å². The molecule has 0 aliphatic heterocycles. The van der Waals surface area contributed by atoms with Gasteiger partial charge in [-0.2, -0.15) is 0 Å². The van der Waals surface area contributed by atoms with Gasteiger partial charge < -0.3 is 5.11 Å². The van der Waals surface area contributed by atoms with Gasteiger partial charge in [0.1, 0.15) is 10.0 Å². The van der Waals surface area contributed by atoms with Crippen LogP contribution in [0.3, 0.4) is 0 Å². The van der Waals surface area contributed by atoms with E-state index in [2.05, 4.69) is 0 Å². The average Bonchev–Trinajstić information content (AvgIpc) is 2.83. The summed E-state index contributed by atoms with van der Waals surface area (Å²) < 4.78 is 39.6. The molecule has 0 atom stereocenters. The maximum atomic E-state index is 13.3. The van der Waals surface area contributed by atoms with E-state index in [1.165, 1.54) is 24.3 Å². The Hall–Kier alpha value is -1.44. The lowest BCUT2D eigenvalue weighted by molar-refractivity contribution is 0.306. The van der Waals surface area contributed by atoms with E-state index in [-0.39, 0.29) is 23.0 Å². The molecule has 0 radical (unpaired) electrons. The smallest absolute Gasteiger partial charge is 0.273 e. The highest BCUT2D eigenvalue weighted by Gasteiger charge is 2.26. The Labute approximate surface area is 121 Å². The number of aliphatic hydroxyl groups excluding tert-OH is 1. The second-order valence-electron chi connectivity index (χ2n) is 4.15. The second-order valence-corrected chi connectivity index (χ2v) is 7.52. The van der Waals surface area contributed by atoms with Gasteiger partial charge in [0.25, 0.3) is 10.0 Å². The van der Waals surface area contributed by atoms with Crippen LogP contribution in [0.25, 0.3) is 0 Å². The largest absolute Gasteiger partial charge is 0.394 e. The van der Waals surface area contributed by atoms with E-state index in [1.807, 2.05) is 6.92 Å². The minimum Gasteiger partial charge on any atom is -0.394 e. The molecule has 2 rings (SSSR count). The van der Waals surface area contributed by atoms with Crippen LogP contribution in [-0.2, 0) is 10.0 Å². The maximum Gasteiger partial charge on any atom is 0.273 e. The van der Waals surface area contributed by atoms with Crippen LogP contribution in [0.15, 0.2) is 40.6 Å². The molecule has 1 heterocycles. The van der Waals surface area contributed by atoms with Crippen molar-refractivity contribution < 1.29 is 17.9 Å². The summed E-state index contributed by atoms with van der Waals surface area (Å²) in [5.74, 6) is -0.525. The number of hydrogen-bond donors (Lipinski definition) is 1. The molecule has 20 heavy (non-hydrogen) atoms. The highest BCUT2D eigenvalue weighted by molar-refractivity contribution is 7.94. The summed E-state index contributed by atoms with van der Waals surface area (Å²) in [7, 11) is -3.79. The predicted octanol–water partition coefficient (Wildman–Crippen LogP) is 2.38. The molecule has 7 heteroatoms. The van der Waals surface area contributed by atoms with Crippen molar-refractivity contribution in [1.29, 1.82) is 0 Å². The number of halogens is 1. The number of sulfonamides is 1. The van der Waals surface area contributed by atoms with Gasteiger partial charge in [-0.3, -0.25) is 4.31 Å². The van der Waals surface area contributed by atoms with Crippen molar-refractivity contribution in [2.75, 3.05) is 17.5 Å². The number of aryl methyl sites for hydroxylation is 1. The van der Waals surface area contributed by atoms with Gasteiger partial charge in [-0.1, -0.05) is 6.07 Å². The van der Waals surface area contributed by atoms with Crippen LogP contribution in [0.2, 0.25) is 0 Å². The van der Waals surface area contributed by atoms with Crippen molar-refractivity contribution in [3.63, 3.8) is 0 Å². The minimum atomic E-state index is -3.79. The van der Waals surface area contributed by atoms with Crippen molar-refractivity contribution in [3.05, 3.63) is 47.1 Å². The summed E-state index contributed by atoms with van der Waals surface area (Å²) in [5.41, 5.74) is 0.199. The Morgan fingerprint density at radius 2 is 2.05 bits per heavy atom. The van der Waals surface area contributed by atoms with Gasteiger partial charge in [0.15, 0.2) is 0 Å². The predicted molar refractivity (Wildman–Crippen MR) is 77.1 cm³/mol. The van der Waals surface area contributed by atoms with Crippen molar-refractivity contribution >= 4 is 27.0 Å². The SMILES string of the molecule is Cc1ccc(S(=O)(=O)N(CCO)c2cccc(F)c2)s1. The molecular weight excluding hydrogens is 301 g/mol. The van der Waals surface area contributed by atoms with Crippen LogP contribution < -0.4 is 4.31 Å². The first-order valence-corrected chi connectivity index (χ1v) is 8.16. The Balaban J connectivity index is 2.48. The normalized spacial score (nSPS) is 11.6. The van der Waals surface area contributed by atoms with E-state index in [9.17, 15) is 12.8 Å². The van der Waals surface area contributed by atoms with E-state index in [1.54, 1.807) is 6.07 Å². The zero-order valence-electron chi connectivity index (χ0n) is 10.8. The van der Waals surface area contributed by atoms with Crippen LogP contribution in [0.4, 0.5) is 10.1 Å². The highest BCUT2D eigenvalue weighted by Crippen LogP contribution is 2.28. The molecule has 2 aromatic rings. The summed E-state index contributed by atoms with van der Waals surface area (Å²) in [6.07, 6.45) is 0. The number of hydrogen-bond acceptors (Lipinski definition) is 4. The third kappa shape index (κ3) is 3.00. The number of nitrogens with zero attached hydrogens (tertiary/aromatic N) is 1. The third-order valence-electron chi connectivity index (χ3n) is 2.66. The van der Waals surface area contributed by atoms with Gasteiger partial charge in [0.2, 0.25) is 0 Å². The van der Waals surface area contributed by atoms with Gasteiger partial charge in [-0.25, -0.2) is 12.8 Å². The lowest BCUT2D eigenvalue weighted by Crippen LogP contribution is -2.33. The Morgan fingerprint density at radius 1 is 1.30 bits per heavy atom. The molecule has 0 fully saturated rings. The van der Waals surface area contributed by atoms with Gasteiger partial charge in [0, 0.05) is 4.88 Å². The molecule has 0 amide bonds. The topological polar surface area (TPSA) is 57.6 Å². The van der Waals surface area contributed by atoms with Crippen LogP contribution in [0, 0.1) is 12.7 Å². The molecule has 0 aliphatic rings. The molecule has 0 aliphatic carbocycles. The first-order chi connectivity index (χ1) is 9.45. The van der Waals surface area contributed by atoms with Crippen LogP contribution in [0.1, 0.15) is 4.88 Å². The monoisotopic (exact) mass is 315 g/mol. The molecule has 0 saturated heterocycles. The number of rotatable bonds is 5. The Kier molecular flexibility index (Phi) is 4.42. The van der Waals surface area contributed by atoms with Crippen molar-refractivity contribution in [2.45, 2.75) is 11.1 Å². The van der Waals surface area contributed by atoms with Gasteiger partial charge in [0.05, 0.1) is 18.8 Å². The average molecular weight is 315 g/mol. The quantitative estimate of drug-likeness (QED) is 0.921. The molecule has 0 unspecified atom stereocenters. The standard InChI is InChI=1S/C13H14FNO3S2/c1-10-5-6-13(19-10)20(17,18)15(7-8-16)12-4-2-3-11(14)9-12/h2-6,9,16H,7-8H2,1H3. The third-order valence-corrected chi connectivity index (χ3v) is 5.95. The number of benzene rings is 1. The number of thiophene rings is 1. The first-order valence-electron chi connectivity index (χ1n) is 5.91. The lowest BCUT2D eigenvalue weighted by Gasteiger charge is -2.22. The Morgan fingerprint density at radius 3 is 2.60 bits per heavy atom. The molecule has 108 valence electrons. The van der Waals surface area contributed by atoms with Gasteiger partial charge in [-0.15, -0.1) is 11.3 Å². The fourth-order valence-electron chi connectivity index (χ4n) is 1.77. The highest BCUT2D eigenvalue weighted by atomic mass is 32.2. The molecule has 1 N–H and O–H groups in total. The fourth-order valence-corrected chi connectivity index (χ4v) is 4.61. The van der Waals surface area contributed by atoms with Crippen LogP contribution in [0.5, 0.6) is 0 Å².